The molecule has 3 aliphatic rings. The summed E-state index contributed by atoms with van der Waals surface area (Å²) in [6.07, 6.45) is 0.603. The van der Waals surface area contributed by atoms with Crippen molar-refractivity contribution >= 4 is 35.5 Å². The predicted octanol–water partition coefficient (Wildman–Crippen LogP) is -0.859. The summed E-state index contributed by atoms with van der Waals surface area (Å²) in [7, 11) is 3.42. The van der Waals surface area contributed by atoms with E-state index in [1.165, 1.54) is 21.5 Å². The first-order valence-electron chi connectivity index (χ1n) is 10.1. The van der Waals surface area contributed by atoms with Gasteiger partial charge in [-0.1, -0.05) is 12.0 Å². The van der Waals surface area contributed by atoms with Crippen LogP contribution in [0.1, 0.15) is 26.3 Å². The van der Waals surface area contributed by atoms with E-state index in [-0.39, 0.29) is 46.7 Å². The minimum absolute atomic E-state index is 0.00231. The Morgan fingerprint density at radius 2 is 2.10 bits per heavy atom. The fourth-order valence-corrected chi connectivity index (χ4v) is 6.18. The van der Waals surface area contributed by atoms with Gasteiger partial charge in [0, 0.05) is 36.7 Å². The van der Waals surface area contributed by atoms with Crippen LogP contribution in [0.3, 0.4) is 0 Å². The van der Waals surface area contributed by atoms with Crippen LogP contribution in [-0.4, -0.2) is 90.9 Å². The third-order valence-electron chi connectivity index (χ3n) is 6.24. The van der Waals surface area contributed by atoms with Gasteiger partial charge in [-0.3, -0.25) is 9.59 Å². The monoisotopic (exact) mass is 450 g/mol. The largest absolute Gasteiger partial charge is 0.477 e. The molecule has 2 fully saturated rings. The van der Waals surface area contributed by atoms with E-state index in [0.717, 1.165) is 0 Å². The van der Waals surface area contributed by atoms with E-state index in [2.05, 4.69) is 20.7 Å². The molecule has 2 unspecified atom stereocenters. The van der Waals surface area contributed by atoms with E-state index in [4.69, 9.17) is 5.73 Å². The zero-order chi connectivity index (χ0) is 22.6. The number of likely N-dealkylation sites (N-methyl/N-ethyl adjacent to an activating group) is 1. The number of hydrogen-bond donors (Lipinski definition) is 3. The zero-order valence-corrected chi connectivity index (χ0v) is 18.5. The molecular formula is C18H26N8O4S. The average molecular weight is 451 g/mol. The Balaban J connectivity index is 1.53. The van der Waals surface area contributed by atoms with Crippen LogP contribution >= 0.6 is 11.8 Å². The van der Waals surface area contributed by atoms with Gasteiger partial charge in [-0.25, -0.2) is 4.79 Å². The van der Waals surface area contributed by atoms with Crippen LogP contribution in [0.2, 0.25) is 0 Å². The maximum absolute atomic E-state index is 13.0. The highest BCUT2D eigenvalue weighted by Crippen LogP contribution is 2.53. The van der Waals surface area contributed by atoms with Gasteiger partial charge in [-0.05, 0) is 18.6 Å². The first-order valence-corrected chi connectivity index (χ1v) is 11.0. The highest BCUT2D eigenvalue weighted by Gasteiger charge is 2.61. The van der Waals surface area contributed by atoms with Crippen molar-refractivity contribution in [2.75, 3.05) is 26.4 Å². The average Bonchev–Trinajstić information content (AvgIpc) is 3.40. The van der Waals surface area contributed by atoms with Gasteiger partial charge in [0.15, 0.2) is 0 Å². The Labute approximate surface area is 183 Å². The number of amides is 2. The topological polar surface area (TPSA) is 160 Å². The van der Waals surface area contributed by atoms with Gasteiger partial charge in [0.2, 0.25) is 11.8 Å². The molecule has 4 heterocycles. The van der Waals surface area contributed by atoms with Gasteiger partial charge >= 0.3 is 5.97 Å². The number of nitrogens with one attached hydrogen (secondary N) is 1. The summed E-state index contributed by atoms with van der Waals surface area (Å²) in [5.41, 5.74) is 5.59. The molecule has 2 amide bonds. The molecule has 13 heteroatoms. The van der Waals surface area contributed by atoms with Crippen LogP contribution in [0.5, 0.6) is 0 Å². The van der Waals surface area contributed by atoms with Crippen LogP contribution < -0.4 is 11.1 Å². The molecule has 1 aromatic rings. The lowest BCUT2D eigenvalue weighted by atomic mass is 9.78. The summed E-state index contributed by atoms with van der Waals surface area (Å²) in [6.45, 7) is 4.34. The van der Waals surface area contributed by atoms with Crippen molar-refractivity contribution < 1.29 is 19.5 Å². The number of nitrogen functional groups attached to an aromatic ring is 1. The van der Waals surface area contributed by atoms with Crippen molar-refractivity contribution in [3.05, 3.63) is 10.6 Å². The summed E-state index contributed by atoms with van der Waals surface area (Å²) in [4.78, 5) is 42.2. The van der Waals surface area contributed by atoms with Crippen molar-refractivity contribution in [2.24, 2.45) is 11.8 Å². The van der Waals surface area contributed by atoms with Gasteiger partial charge in [-0.2, -0.15) is 4.80 Å². The van der Waals surface area contributed by atoms with Crippen LogP contribution in [0, 0.1) is 11.8 Å². The molecule has 1 aromatic heterocycles. The quantitative estimate of drug-likeness (QED) is 0.465. The molecule has 3 aliphatic heterocycles. The number of fused-ring (bicyclic) bond motifs is 1. The number of carbonyl (C=O) groups excluding carboxylic acids is 2. The molecule has 4 N–H and O–H groups in total. The maximum atomic E-state index is 13.0. The standard InChI is InChI=1S/C18H26N8O4S/c1-7-12-11(8(2)26-22-18(19)21-23-26)16(28)25(12)13(17(29)30)14(7)31-9-5-10(20-6-9)15(27)24(3)4/h7-12,20H,5-6H2,1-4H3,(H2,19,22)(H,29,30)/t7-,8-,9?,10?,11-,12-/m1/s1. The lowest BCUT2D eigenvalue weighted by Gasteiger charge is -2.47. The van der Waals surface area contributed by atoms with Crippen LogP contribution in [-0.2, 0) is 14.4 Å². The molecule has 168 valence electrons. The number of nitrogens with zero attached hydrogens (tertiary/aromatic N) is 6. The number of anilines is 1. The van der Waals surface area contributed by atoms with E-state index in [0.29, 0.717) is 17.9 Å². The number of rotatable bonds is 6. The fraction of sp³-hybridized carbons (Fsp3) is 0.667. The summed E-state index contributed by atoms with van der Waals surface area (Å²) < 4.78 is 0. The van der Waals surface area contributed by atoms with E-state index in [1.54, 1.807) is 25.9 Å². The molecule has 0 spiro atoms. The van der Waals surface area contributed by atoms with Crippen molar-refractivity contribution in [3.8, 4) is 0 Å². The Morgan fingerprint density at radius 3 is 2.68 bits per heavy atom. The number of carboxylic acid groups (broad SMARTS) is 1. The second-order valence-corrected chi connectivity index (χ2v) is 9.75. The number of β-lactam (4-membered cyclic amide) rings is 1. The number of thioether (sulfide) groups is 1. The van der Waals surface area contributed by atoms with Crippen LogP contribution in [0.15, 0.2) is 10.6 Å². The molecule has 0 aliphatic carbocycles. The molecule has 4 rings (SSSR count). The van der Waals surface area contributed by atoms with E-state index < -0.39 is 17.9 Å². The maximum Gasteiger partial charge on any atom is 0.353 e. The molecular weight excluding hydrogens is 424 g/mol. The SMILES string of the molecule is C[C@H]([C@H]1C(=O)N2C(C(=O)O)=C(SC3CNC(C(=O)N(C)C)C3)[C@H](C)[C@H]12)n1nnc(N)n1. The number of tetrazole rings is 1. The van der Waals surface area contributed by atoms with Gasteiger partial charge in [0.1, 0.15) is 5.70 Å². The Hall–Kier alpha value is -2.67. The minimum Gasteiger partial charge on any atom is -0.477 e. The van der Waals surface area contributed by atoms with Crippen molar-refractivity contribution in [1.82, 2.24) is 35.3 Å². The lowest BCUT2D eigenvalue weighted by molar-refractivity contribution is -0.159. The Kier molecular flexibility index (Phi) is 5.41. The van der Waals surface area contributed by atoms with Crippen molar-refractivity contribution in [3.63, 3.8) is 0 Å². The van der Waals surface area contributed by atoms with Gasteiger partial charge < -0.3 is 26.0 Å². The summed E-state index contributed by atoms with van der Waals surface area (Å²) in [5.74, 6) is -2.00. The zero-order valence-electron chi connectivity index (χ0n) is 17.7. The Bertz CT molecular complexity index is 962. The summed E-state index contributed by atoms with van der Waals surface area (Å²) in [6, 6.07) is -0.985. The Morgan fingerprint density at radius 1 is 1.39 bits per heavy atom. The van der Waals surface area contributed by atoms with E-state index in [1.807, 2.05) is 6.92 Å². The summed E-state index contributed by atoms with van der Waals surface area (Å²) in [5, 5.41) is 24.7. The molecule has 0 bridgehead atoms. The minimum atomic E-state index is -1.12. The third kappa shape index (κ3) is 3.45. The second-order valence-electron chi connectivity index (χ2n) is 8.41. The van der Waals surface area contributed by atoms with E-state index >= 15 is 0 Å². The van der Waals surface area contributed by atoms with Gasteiger partial charge in [-0.15, -0.1) is 16.9 Å². The number of carboxylic acids is 1. The van der Waals surface area contributed by atoms with Crippen LogP contribution in [0.4, 0.5) is 5.95 Å². The normalized spacial score (nSPS) is 30.9. The number of nitrogens with two attached hydrogens (primary N) is 1. The molecule has 12 nitrogen and oxygen atoms in total. The molecule has 2 saturated heterocycles. The summed E-state index contributed by atoms with van der Waals surface area (Å²) >= 11 is 1.46. The third-order valence-corrected chi connectivity index (χ3v) is 7.75. The number of carbonyl (C=O) groups is 3. The van der Waals surface area contributed by atoms with Gasteiger partial charge in [0.25, 0.3) is 5.95 Å². The number of aliphatic carboxylic acids is 1. The number of aromatic nitrogens is 4. The molecule has 6 atom stereocenters. The first-order chi connectivity index (χ1) is 14.6. The van der Waals surface area contributed by atoms with Crippen LogP contribution in [0.25, 0.3) is 0 Å². The smallest absolute Gasteiger partial charge is 0.353 e. The molecule has 0 aromatic carbocycles. The second kappa shape index (κ2) is 7.79. The molecule has 0 saturated carbocycles. The highest BCUT2D eigenvalue weighted by molar-refractivity contribution is 8.03. The first kappa shape index (κ1) is 21.6. The predicted molar refractivity (Wildman–Crippen MR) is 111 cm³/mol. The molecule has 0 radical (unpaired) electrons. The van der Waals surface area contributed by atoms with Gasteiger partial charge in [0.05, 0.1) is 24.0 Å². The van der Waals surface area contributed by atoms with E-state index in [9.17, 15) is 19.5 Å². The lowest BCUT2D eigenvalue weighted by Crippen LogP contribution is -2.62. The molecule has 31 heavy (non-hydrogen) atoms. The van der Waals surface area contributed by atoms with Crippen molar-refractivity contribution in [2.45, 2.75) is 43.6 Å². The number of hydrogen-bond acceptors (Lipinski definition) is 9. The fourth-order valence-electron chi connectivity index (χ4n) is 4.70. The van der Waals surface area contributed by atoms with Crippen molar-refractivity contribution in [1.29, 1.82) is 0 Å². The highest BCUT2D eigenvalue weighted by atomic mass is 32.2.